The van der Waals surface area contributed by atoms with Gasteiger partial charge in [0.2, 0.25) is 0 Å². The normalized spacial score (nSPS) is 12.3. The summed E-state index contributed by atoms with van der Waals surface area (Å²) in [4.78, 5) is 2.75. The van der Waals surface area contributed by atoms with Gasteiger partial charge in [-0.15, -0.1) is 0 Å². The number of halogens is 7. The lowest BCUT2D eigenvalue weighted by Crippen LogP contribution is -2.14. The van der Waals surface area contributed by atoms with Crippen molar-refractivity contribution >= 4 is 22.6 Å². The number of aromatic nitrogens is 1. The van der Waals surface area contributed by atoms with E-state index in [0.29, 0.717) is 6.20 Å². The van der Waals surface area contributed by atoms with Crippen LogP contribution in [0.15, 0.2) is 6.20 Å². The molecule has 84 valence electrons. The van der Waals surface area contributed by atoms with Crippen molar-refractivity contribution in [2.45, 2.75) is 12.6 Å². The molecule has 0 unspecified atom stereocenters. The molecule has 0 fully saturated rings. The molecule has 1 aromatic heterocycles. The Kier molecular flexibility index (Phi) is 3.46. The van der Waals surface area contributed by atoms with Gasteiger partial charge in [0.05, 0.1) is 5.56 Å². The zero-order valence-corrected chi connectivity index (χ0v) is 8.91. The average Bonchev–Trinajstić information content (AvgIpc) is 2.00. The van der Waals surface area contributed by atoms with Crippen molar-refractivity contribution in [2.75, 3.05) is 0 Å². The molecule has 0 radical (unpaired) electrons. The smallest absolute Gasteiger partial charge is 0.248 e. The molecule has 1 rings (SSSR count). The van der Waals surface area contributed by atoms with E-state index in [9.17, 15) is 26.3 Å². The van der Waals surface area contributed by atoms with E-state index in [0.717, 1.165) is 0 Å². The van der Waals surface area contributed by atoms with Gasteiger partial charge >= 0.3 is 6.18 Å². The van der Waals surface area contributed by atoms with Gasteiger partial charge in [0, 0.05) is 9.77 Å². The highest BCUT2D eigenvalue weighted by molar-refractivity contribution is 14.1. The van der Waals surface area contributed by atoms with E-state index in [4.69, 9.17) is 0 Å². The van der Waals surface area contributed by atoms with E-state index in [1.165, 1.54) is 22.6 Å². The first kappa shape index (κ1) is 12.5. The Labute approximate surface area is 93.6 Å². The van der Waals surface area contributed by atoms with Crippen LogP contribution in [0.1, 0.15) is 17.7 Å². The molecule has 8 heteroatoms. The molecular weight excluding hydrogens is 339 g/mol. The molecule has 0 aliphatic heterocycles. The maximum absolute atomic E-state index is 13.0. The van der Waals surface area contributed by atoms with Gasteiger partial charge in [-0.05, 0) is 22.6 Å². The van der Waals surface area contributed by atoms with Crippen molar-refractivity contribution in [3.63, 3.8) is 0 Å². The average molecular weight is 341 g/mol. The minimum Gasteiger partial charge on any atom is -0.248 e. The SMILES string of the molecule is Fc1c(C(F)(F)F)ncc(I)c1C(F)F. The Morgan fingerprint density at radius 1 is 1.27 bits per heavy atom. The van der Waals surface area contributed by atoms with Crippen molar-refractivity contribution < 1.29 is 26.3 Å². The number of rotatable bonds is 1. The van der Waals surface area contributed by atoms with Crippen LogP contribution in [0.25, 0.3) is 0 Å². The summed E-state index contributed by atoms with van der Waals surface area (Å²) in [5.41, 5.74) is -3.18. The van der Waals surface area contributed by atoms with Crippen LogP contribution >= 0.6 is 22.6 Å². The van der Waals surface area contributed by atoms with E-state index in [-0.39, 0.29) is 3.57 Å². The fourth-order valence-electron chi connectivity index (χ4n) is 0.877. The number of nitrogens with zero attached hydrogens (tertiary/aromatic N) is 1. The first-order valence-electron chi connectivity index (χ1n) is 3.44. The van der Waals surface area contributed by atoms with E-state index in [1.807, 2.05) is 0 Å². The summed E-state index contributed by atoms with van der Waals surface area (Å²) < 4.78 is 73.3. The Hall–Kier alpha value is -0.540. The van der Waals surface area contributed by atoms with Gasteiger partial charge in [-0.2, -0.15) is 13.2 Å². The molecule has 0 saturated carbocycles. The van der Waals surface area contributed by atoms with Gasteiger partial charge in [-0.25, -0.2) is 18.2 Å². The molecule has 1 nitrogen and oxygen atoms in total. The summed E-state index contributed by atoms with van der Waals surface area (Å²) in [6.07, 6.45) is -7.81. The summed E-state index contributed by atoms with van der Waals surface area (Å²) in [6, 6.07) is 0. The molecule has 0 amide bonds. The Morgan fingerprint density at radius 2 is 1.80 bits per heavy atom. The molecule has 0 aliphatic carbocycles. The summed E-state index contributed by atoms with van der Waals surface area (Å²) in [7, 11) is 0. The predicted molar refractivity (Wildman–Crippen MR) is 46.9 cm³/mol. The fourth-order valence-corrected chi connectivity index (χ4v) is 1.49. The third-order valence-electron chi connectivity index (χ3n) is 1.50. The molecule has 0 aromatic carbocycles. The van der Waals surface area contributed by atoms with Crippen LogP contribution in [0.2, 0.25) is 0 Å². The van der Waals surface area contributed by atoms with Crippen LogP contribution in [0.5, 0.6) is 0 Å². The predicted octanol–water partition coefficient (Wildman–Crippen LogP) is 3.78. The molecule has 0 saturated heterocycles. The highest BCUT2D eigenvalue weighted by Gasteiger charge is 2.38. The Morgan fingerprint density at radius 3 is 2.20 bits per heavy atom. The molecule has 0 bridgehead atoms. The number of hydrogen-bond donors (Lipinski definition) is 0. The van der Waals surface area contributed by atoms with Gasteiger partial charge < -0.3 is 0 Å². The highest BCUT2D eigenvalue weighted by atomic mass is 127. The summed E-state index contributed by atoms with van der Waals surface area (Å²) in [5.74, 6) is -2.01. The molecule has 0 atom stereocenters. The van der Waals surface area contributed by atoms with Crippen LogP contribution in [-0.2, 0) is 6.18 Å². The zero-order chi connectivity index (χ0) is 11.8. The third-order valence-corrected chi connectivity index (χ3v) is 2.36. The van der Waals surface area contributed by atoms with Gasteiger partial charge in [0.15, 0.2) is 11.5 Å². The molecule has 0 N–H and O–H groups in total. The second kappa shape index (κ2) is 4.14. The second-order valence-electron chi connectivity index (χ2n) is 2.48. The highest BCUT2D eigenvalue weighted by Crippen LogP contribution is 2.35. The molecule has 1 aromatic rings. The Balaban J connectivity index is 3.42. The second-order valence-corrected chi connectivity index (χ2v) is 3.64. The standard InChI is InChI=1S/C7H2F6IN/c8-4-3(6(9)10)2(14)1-15-5(4)7(11,12)13/h1,6H. The summed E-state index contributed by atoms with van der Waals surface area (Å²) in [6.45, 7) is 0. The summed E-state index contributed by atoms with van der Waals surface area (Å²) >= 11 is 1.30. The van der Waals surface area contributed by atoms with E-state index in [2.05, 4.69) is 4.98 Å². The third kappa shape index (κ3) is 2.52. The van der Waals surface area contributed by atoms with Crippen molar-refractivity contribution in [1.82, 2.24) is 4.98 Å². The number of alkyl halides is 5. The lowest BCUT2D eigenvalue weighted by Gasteiger charge is -2.10. The molecule has 0 spiro atoms. The van der Waals surface area contributed by atoms with Gasteiger partial charge in [0.25, 0.3) is 6.43 Å². The lowest BCUT2D eigenvalue weighted by molar-refractivity contribution is -0.144. The molecular formula is C7H2F6IN. The van der Waals surface area contributed by atoms with Crippen molar-refractivity contribution in [1.29, 1.82) is 0 Å². The van der Waals surface area contributed by atoms with Crippen molar-refractivity contribution in [2.24, 2.45) is 0 Å². The maximum Gasteiger partial charge on any atom is 0.436 e. The minimum atomic E-state index is -5.07. The van der Waals surface area contributed by atoms with Gasteiger partial charge in [-0.1, -0.05) is 0 Å². The van der Waals surface area contributed by atoms with Gasteiger partial charge in [0.1, 0.15) is 0 Å². The van der Waals surface area contributed by atoms with Crippen LogP contribution in [0.4, 0.5) is 26.3 Å². The first-order chi connectivity index (χ1) is 6.75. The minimum absolute atomic E-state index is 0.340. The topological polar surface area (TPSA) is 12.9 Å². The Bertz CT molecular complexity index is 374. The molecule has 1 heterocycles. The van der Waals surface area contributed by atoms with Crippen LogP contribution in [-0.4, -0.2) is 4.98 Å². The van der Waals surface area contributed by atoms with E-state index < -0.39 is 29.7 Å². The number of pyridine rings is 1. The molecule has 15 heavy (non-hydrogen) atoms. The maximum atomic E-state index is 13.0. The van der Waals surface area contributed by atoms with Crippen LogP contribution < -0.4 is 0 Å². The van der Waals surface area contributed by atoms with Gasteiger partial charge in [-0.3, -0.25) is 0 Å². The van der Waals surface area contributed by atoms with Crippen LogP contribution in [0, 0.1) is 9.39 Å². The van der Waals surface area contributed by atoms with Crippen molar-refractivity contribution in [3.05, 3.63) is 26.8 Å². The quantitative estimate of drug-likeness (QED) is 0.560. The lowest BCUT2D eigenvalue weighted by atomic mass is 10.2. The van der Waals surface area contributed by atoms with Crippen molar-refractivity contribution in [3.8, 4) is 0 Å². The van der Waals surface area contributed by atoms with E-state index in [1.54, 1.807) is 0 Å². The fraction of sp³-hybridized carbons (Fsp3) is 0.286. The summed E-state index contributed by atoms with van der Waals surface area (Å²) in [5, 5.41) is 0. The monoisotopic (exact) mass is 341 g/mol. The zero-order valence-electron chi connectivity index (χ0n) is 6.75. The van der Waals surface area contributed by atoms with E-state index >= 15 is 0 Å². The van der Waals surface area contributed by atoms with Crippen LogP contribution in [0.3, 0.4) is 0 Å². The largest absolute Gasteiger partial charge is 0.436 e. The molecule has 0 aliphatic rings. The first-order valence-corrected chi connectivity index (χ1v) is 4.52. The number of hydrogen-bond acceptors (Lipinski definition) is 1.